The van der Waals surface area contributed by atoms with E-state index in [1.165, 1.54) is 0 Å². The van der Waals surface area contributed by atoms with Crippen LogP contribution in [0.15, 0.2) is 18.3 Å². The number of hydrogen-bond acceptors (Lipinski definition) is 3. The zero-order valence-electron chi connectivity index (χ0n) is 11.9. The van der Waals surface area contributed by atoms with Gasteiger partial charge in [0.25, 0.3) is 5.91 Å². The number of aromatic nitrogens is 2. The quantitative estimate of drug-likeness (QED) is 0.836. The molecule has 1 aliphatic heterocycles. The van der Waals surface area contributed by atoms with E-state index in [-0.39, 0.29) is 5.91 Å². The molecule has 2 aromatic rings. The second kappa shape index (κ2) is 5.25. The number of carbonyl (C=O) groups excluding carboxylic acids is 1. The van der Waals surface area contributed by atoms with Crippen LogP contribution in [-0.2, 0) is 11.2 Å². The fourth-order valence-corrected chi connectivity index (χ4v) is 2.58. The number of fused-ring (bicyclic) bond motifs is 1. The van der Waals surface area contributed by atoms with Gasteiger partial charge in [-0.3, -0.25) is 9.20 Å². The molecule has 0 bridgehead atoms. The third kappa shape index (κ3) is 2.18. The lowest BCUT2D eigenvalue weighted by atomic mass is 10.2. The summed E-state index contributed by atoms with van der Waals surface area (Å²) >= 11 is 0. The minimum Gasteiger partial charge on any atom is -0.378 e. The fraction of sp³-hybridized carbons (Fsp3) is 0.467. The van der Waals surface area contributed by atoms with Gasteiger partial charge in [-0.2, -0.15) is 0 Å². The van der Waals surface area contributed by atoms with Gasteiger partial charge in [0.05, 0.1) is 18.9 Å². The Hall–Kier alpha value is -1.88. The predicted molar refractivity (Wildman–Crippen MR) is 76.0 cm³/mol. The molecular formula is C15H19N3O2. The molecule has 0 saturated carbocycles. The lowest BCUT2D eigenvalue weighted by molar-refractivity contribution is 0.0297. The molecule has 0 spiro atoms. The number of pyridine rings is 1. The van der Waals surface area contributed by atoms with Crippen molar-refractivity contribution in [3.8, 4) is 0 Å². The van der Waals surface area contributed by atoms with Crippen molar-refractivity contribution in [2.45, 2.75) is 20.3 Å². The Balaban J connectivity index is 2.06. The zero-order valence-corrected chi connectivity index (χ0v) is 11.9. The minimum atomic E-state index is 0.0569. The average Bonchev–Trinajstić information content (AvgIpc) is 2.84. The first-order valence-corrected chi connectivity index (χ1v) is 7.05. The number of amides is 1. The normalized spacial score (nSPS) is 15.8. The molecule has 0 aliphatic carbocycles. The standard InChI is InChI=1S/C15H19N3O2/c1-3-12-14(15(19)17-6-8-20-9-7-17)18-5-4-11(2)10-13(18)16-12/h4-5,10H,3,6-9H2,1-2H3. The molecule has 1 fully saturated rings. The van der Waals surface area contributed by atoms with E-state index in [4.69, 9.17) is 4.74 Å². The van der Waals surface area contributed by atoms with Crippen molar-refractivity contribution < 1.29 is 9.53 Å². The summed E-state index contributed by atoms with van der Waals surface area (Å²) in [5.74, 6) is 0.0569. The third-order valence-corrected chi connectivity index (χ3v) is 3.69. The fourth-order valence-electron chi connectivity index (χ4n) is 2.58. The number of ether oxygens (including phenoxy) is 1. The second-order valence-electron chi connectivity index (χ2n) is 5.10. The maximum Gasteiger partial charge on any atom is 0.272 e. The van der Waals surface area contributed by atoms with E-state index in [1.54, 1.807) is 0 Å². The summed E-state index contributed by atoms with van der Waals surface area (Å²) in [6.45, 7) is 6.60. The molecule has 0 unspecified atom stereocenters. The molecule has 0 N–H and O–H groups in total. The van der Waals surface area contributed by atoms with Crippen LogP contribution in [0.1, 0.15) is 28.7 Å². The first-order valence-electron chi connectivity index (χ1n) is 7.05. The van der Waals surface area contributed by atoms with Crippen LogP contribution < -0.4 is 0 Å². The van der Waals surface area contributed by atoms with Crippen molar-refractivity contribution in [3.05, 3.63) is 35.3 Å². The van der Waals surface area contributed by atoms with Gasteiger partial charge in [-0.1, -0.05) is 6.92 Å². The highest BCUT2D eigenvalue weighted by atomic mass is 16.5. The molecule has 106 valence electrons. The van der Waals surface area contributed by atoms with E-state index in [0.29, 0.717) is 32.0 Å². The Morgan fingerprint density at radius 1 is 1.40 bits per heavy atom. The van der Waals surface area contributed by atoms with Crippen LogP contribution in [-0.4, -0.2) is 46.5 Å². The molecule has 2 aromatic heterocycles. The summed E-state index contributed by atoms with van der Waals surface area (Å²) in [6.07, 6.45) is 2.69. The number of imidazole rings is 1. The van der Waals surface area contributed by atoms with Gasteiger partial charge in [-0.05, 0) is 31.0 Å². The lowest BCUT2D eigenvalue weighted by Crippen LogP contribution is -2.41. The molecule has 0 aromatic carbocycles. The van der Waals surface area contributed by atoms with Crippen molar-refractivity contribution in [3.63, 3.8) is 0 Å². The molecule has 1 aliphatic rings. The van der Waals surface area contributed by atoms with Gasteiger partial charge >= 0.3 is 0 Å². The van der Waals surface area contributed by atoms with Crippen LogP contribution in [0.25, 0.3) is 5.65 Å². The Labute approximate surface area is 118 Å². The van der Waals surface area contributed by atoms with Crippen LogP contribution in [0.2, 0.25) is 0 Å². The topological polar surface area (TPSA) is 46.8 Å². The minimum absolute atomic E-state index is 0.0569. The maximum atomic E-state index is 12.7. The summed E-state index contributed by atoms with van der Waals surface area (Å²) in [5, 5.41) is 0. The van der Waals surface area contributed by atoms with Gasteiger partial charge in [-0.15, -0.1) is 0 Å². The first kappa shape index (κ1) is 13.1. The van der Waals surface area contributed by atoms with E-state index in [2.05, 4.69) is 4.98 Å². The molecule has 1 amide bonds. The van der Waals surface area contributed by atoms with Crippen molar-refractivity contribution in [2.24, 2.45) is 0 Å². The van der Waals surface area contributed by atoms with Crippen molar-refractivity contribution in [1.82, 2.24) is 14.3 Å². The molecule has 0 radical (unpaired) electrons. The molecule has 3 rings (SSSR count). The van der Waals surface area contributed by atoms with Crippen LogP contribution in [0.3, 0.4) is 0 Å². The summed E-state index contributed by atoms with van der Waals surface area (Å²) in [5.41, 5.74) is 3.56. The highest BCUT2D eigenvalue weighted by Crippen LogP contribution is 2.17. The van der Waals surface area contributed by atoms with Crippen LogP contribution >= 0.6 is 0 Å². The summed E-state index contributed by atoms with van der Waals surface area (Å²) in [4.78, 5) is 19.2. The average molecular weight is 273 g/mol. The number of hydrogen-bond donors (Lipinski definition) is 0. The molecule has 20 heavy (non-hydrogen) atoms. The Morgan fingerprint density at radius 2 is 2.15 bits per heavy atom. The van der Waals surface area contributed by atoms with E-state index in [9.17, 15) is 4.79 Å². The summed E-state index contributed by atoms with van der Waals surface area (Å²) < 4.78 is 7.22. The highest BCUT2D eigenvalue weighted by Gasteiger charge is 2.24. The number of morpholine rings is 1. The van der Waals surface area contributed by atoms with Crippen molar-refractivity contribution in [1.29, 1.82) is 0 Å². The monoisotopic (exact) mass is 273 g/mol. The molecule has 1 saturated heterocycles. The van der Waals surface area contributed by atoms with Gasteiger partial charge < -0.3 is 9.64 Å². The molecule has 5 nitrogen and oxygen atoms in total. The van der Waals surface area contributed by atoms with Gasteiger partial charge in [0.2, 0.25) is 0 Å². The number of carbonyl (C=O) groups is 1. The number of rotatable bonds is 2. The largest absolute Gasteiger partial charge is 0.378 e. The second-order valence-corrected chi connectivity index (χ2v) is 5.10. The Morgan fingerprint density at radius 3 is 2.85 bits per heavy atom. The summed E-state index contributed by atoms with van der Waals surface area (Å²) in [7, 11) is 0. The molecule has 0 atom stereocenters. The maximum absolute atomic E-state index is 12.7. The van der Waals surface area contributed by atoms with E-state index >= 15 is 0 Å². The Kier molecular flexibility index (Phi) is 3.44. The van der Waals surface area contributed by atoms with Crippen LogP contribution in [0.4, 0.5) is 0 Å². The molecular weight excluding hydrogens is 254 g/mol. The van der Waals surface area contributed by atoms with Crippen LogP contribution in [0, 0.1) is 6.92 Å². The van der Waals surface area contributed by atoms with Crippen molar-refractivity contribution in [2.75, 3.05) is 26.3 Å². The predicted octanol–water partition coefficient (Wildman–Crippen LogP) is 1.68. The van der Waals surface area contributed by atoms with E-state index in [1.807, 2.05) is 41.5 Å². The SMILES string of the molecule is CCc1nc2cc(C)ccn2c1C(=O)N1CCOCC1. The van der Waals surface area contributed by atoms with E-state index in [0.717, 1.165) is 23.3 Å². The lowest BCUT2D eigenvalue weighted by Gasteiger charge is -2.26. The van der Waals surface area contributed by atoms with Gasteiger partial charge in [0.15, 0.2) is 0 Å². The number of aryl methyl sites for hydroxylation is 2. The molecule has 3 heterocycles. The zero-order chi connectivity index (χ0) is 14.1. The van der Waals surface area contributed by atoms with Gasteiger partial charge in [-0.25, -0.2) is 4.98 Å². The molecule has 5 heteroatoms. The third-order valence-electron chi connectivity index (χ3n) is 3.69. The van der Waals surface area contributed by atoms with Gasteiger partial charge in [0, 0.05) is 19.3 Å². The summed E-state index contributed by atoms with van der Waals surface area (Å²) in [6, 6.07) is 4.01. The first-order chi connectivity index (χ1) is 9.70. The van der Waals surface area contributed by atoms with Crippen molar-refractivity contribution >= 4 is 11.6 Å². The Bertz CT molecular complexity index is 642. The smallest absolute Gasteiger partial charge is 0.272 e. The highest BCUT2D eigenvalue weighted by molar-refractivity contribution is 5.94. The van der Waals surface area contributed by atoms with E-state index < -0.39 is 0 Å². The van der Waals surface area contributed by atoms with Crippen LogP contribution in [0.5, 0.6) is 0 Å². The van der Waals surface area contributed by atoms with Gasteiger partial charge in [0.1, 0.15) is 11.3 Å². The number of nitrogens with zero attached hydrogens (tertiary/aromatic N) is 3.